The van der Waals surface area contributed by atoms with Gasteiger partial charge in [0.1, 0.15) is 0 Å². The third-order valence-corrected chi connectivity index (χ3v) is 4.52. The number of rotatable bonds is 4. The van der Waals surface area contributed by atoms with Gasteiger partial charge in [0.2, 0.25) is 0 Å². The Hall–Kier alpha value is -0.580. The molecule has 1 unspecified atom stereocenters. The van der Waals surface area contributed by atoms with Gasteiger partial charge in [-0.15, -0.1) is 0 Å². The van der Waals surface area contributed by atoms with Crippen LogP contribution < -0.4 is 5.32 Å². The average Bonchev–Trinajstić information content (AvgIpc) is 2.87. The maximum atomic E-state index is 12.7. The Morgan fingerprint density at radius 2 is 2.30 bits per heavy atom. The maximum Gasteiger partial charge on any atom is 0.255 e. The van der Waals surface area contributed by atoms with E-state index in [1.807, 2.05) is 4.90 Å². The predicted octanol–water partition coefficient (Wildman–Crippen LogP) is 3.71. The van der Waals surface area contributed by atoms with Gasteiger partial charge in [0.25, 0.3) is 5.91 Å². The molecule has 1 aliphatic heterocycles. The van der Waals surface area contributed by atoms with Gasteiger partial charge in [0.15, 0.2) is 0 Å². The normalized spacial score (nSPS) is 18.6. The van der Waals surface area contributed by atoms with Crippen molar-refractivity contribution in [3.8, 4) is 0 Å². The van der Waals surface area contributed by atoms with Gasteiger partial charge in [-0.1, -0.05) is 11.6 Å². The second kappa shape index (κ2) is 6.92. The molecule has 1 amide bonds. The fourth-order valence-electron chi connectivity index (χ4n) is 2.50. The summed E-state index contributed by atoms with van der Waals surface area (Å²) in [4.78, 5) is 14.7. The zero-order valence-corrected chi connectivity index (χ0v) is 14.2. The fourth-order valence-corrected chi connectivity index (χ4v) is 3.35. The first-order chi connectivity index (χ1) is 9.49. The highest BCUT2D eigenvalue weighted by atomic mass is 79.9. The van der Waals surface area contributed by atoms with E-state index in [2.05, 4.69) is 35.1 Å². The summed E-state index contributed by atoms with van der Waals surface area (Å²) >= 11 is 9.37. The molecule has 0 aliphatic carbocycles. The summed E-state index contributed by atoms with van der Waals surface area (Å²) in [6, 6.07) is 5.89. The number of hydrogen-bond donors (Lipinski definition) is 1. The number of nitrogens with zero attached hydrogens (tertiary/aromatic N) is 1. The van der Waals surface area contributed by atoms with E-state index in [0.717, 1.165) is 24.0 Å². The number of carbonyl (C=O) groups excluding carboxylic acids is 1. The molecule has 110 valence electrons. The third-order valence-electron chi connectivity index (χ3n) is 3.63. The highest BCUT2D eigenvalue weighted by Crippen LogP contribution is 2.24. The number of benzene rings is 1. The van der Waals surface area contributed by atoms with Crippen LogP contribution in [0, 0.1) is 0 Å². The largest absolute Gasteiger partial charge is 0.335 e. The van der Waals surface area contributed by atoms with Crippen molar-refractivity contribution in [2.75, 3.05) is 13.1 Å². The quantitative estimate of drug-likeness (QED) is 0.889. The highest BCUT2D eigenvalue weighted by Gasteiger charge is 2.25. The van der Waals surface area contributed by atoms with Gasteiger partial charge in [-0.25, -0.2) is 0 Å². The molecule has 0 bridgehead atoms. The van der Waals surface area contributed by atoms with Gasteiger partial charge in [0, 0.05) is 28.1 Å². The molecule has 1 aromatic carbocycles. The average molecular weight is 360 g/mol. The standard InChI is InChI=1S/C15H20BrClN2O/c1-10(2)19(9-12-4-3-7-18-12)15(20)13-6-5-11(17)8-14(13)16/h5-6,8,10,12,18H,3-4,7,9H2,1-2H3. The molecule has 0 spiro atoms. The van der Waals surface area contributed by atoms with Crippen molar-refractivity contribution in [3.63, 3.8) is 0 Å². The van der Waals surface area contributed by atoms with Crippen LogP contribution in [0.15, 0.2) is 22.7 Å². The van der Waals surface area contributed by atoms with E-state index in [1.54, 1.807) is 18.2 Å². The Kier molecular flexibility index (Phi) is 5.47. The van der Waals surface area contributed by atoms with Crippen LogP contribution in [0.25, 0.3) is 0 Å². The minimum Gasteiger partial charge on any atom is -0.335 e. The van der Waals surface area contributed by atoms with Crippen LogP contribution in [-0.4, -0.2) is 36.0 Å². The summed E-state index contributed by atoms with van der Waals surface area (Å²) < 4.78 is 0.750. The SMILES string of the molecule is CC(C)N(CC1CCCN1)C(=O)c1ccc(Cl)cc1Br. The van der Waals surface area contributed by atoms with Crippen molar-refractivity contribution in [3.05, 3.63) is 33.3 Å². The Balaban J connectivity index is 2.17. The fraction of sp³-hybridized carbons (Fsp3) is 0.533. The van der Waals surface area contributed by atoms with Crippen LogP contribution in [0.3, 0.4) is 0 Å². The Bertz CT molecular complexity index is 487. The van der Waals surface area contributed by atoms with Crippen molar-refractivity contribution in [1.29, 1.82) is 0 Å². The molecule has 1 aliphatic rings. The highest BCUT2D eigenvalue weighted by molar-refractivity contribution is 9.10. The molecule has 20 heavy (non-hydrogen) atoms. The molecular weight excluding hydrogens is 340 g/mol. The summed E-state index contributed by atoms with van der Waals surface area (Å²) in [5.41, 5.74) is 0.668. The topological polar surface area (TPSA) is 32.3 Å². The van der Waals surface area contributed by atoms with Crippen LogP contribution in [0.1, 0.15) is 37.0 Å². The van der Waals surface area contributed by atoms with Crippen molar-refractivity contribution in [2.45, 2.75) is 38.8 Å². The van der Waals surface area contributed by atoms with E-state index in [0.29, 0.717) is 16.6 Å². The van der Waals surface area contributed by atoms with Crippen molar-refractivity contribution >= 4 is 33.4 Å². The predicted molar refractivity (Wildman–Crippen MR) is 86.3 cm³/mol. The smallest absolute Gasteiger partial charge is 0.255 e. The van der Waals surface area contributed by atoms with Crippen LogP contribution in [0.2, 0.25) is 5.02 Å². The number of amides is 1. The van der Waals surface area contributed by atoms with Gasteiger partial charge < -0.3 is 10.2 Å². The van der Waals surface area contributed by atoms with Crippen molar-refractivity contribution in [2.24, 2.45) is 0 Å². The molecule has 1 aromatic rings. The molecule has 1 fully saturated rings. The third kappa shape index (κ3) is 3.74. The summed E-state index contributed by atoms with van der Waals surface area (Å²) in [5, 5.41) is 4.07. The lowest BCUT2D eigenvalue weighted by Gasteiger charge is -2.30. The number of halogens is 2. The summed E-state index contributed by atoms with van der Waals surface area (Å²) in [5.74, 6) is 0.0530. The van der Waals surface area contributed by atoms with E-state index in [4.69, 9.17) is 11.6 Å². The number of hydrogen-bond acceptors (Lipinski definition) is 2. The number of nitrogens with one attached hydrogen (secondary N) is 1. The van der Waals surface area contributed by atoms with E-state index < -0.39 is 0 Å². The summed E-state index contributed by atoms with van der Waals surface area (Å²) in [6.45, 7) is 5.91. The van der Waals surface area contributed by atoms with E-state index >= 15 is 0 Å². The van der Waals surface area contributed by atoms with Crippen molar-refractivity contribution < 1.29 is 4.79 Å². The molecule has 1 N–H and O–H groups in total. The molecule has 1 saturated heterocycles. The van der Waals surface area contributed by atoms with Gasteiger partial charge in [-0.2, -0.15) is 0 Å². The first kappa shape index (κ1) is 15.8. The molecule has 1 heterocycles. The lowest BCUT2D eigenvalue weighted by Crippen LogP contribution is -2.44. The molecule has 5 heteroatoms. The Labute approximate surface area is 133 Å². The van der Waals surface area contributed by atoms with Gasteiger partial charge in [0.05, 0.1) is 5.56 Å². The minimum atomic E-state index is 0.0530. The minimum absolute atomic E-state index is 0.0530. The second-order valence-electron chi connectivity index (χ2n) is 5.47. The van der Waals surface area contributed by atoms with Crippen molar-refractivity contribution in [1.82, 2.24) is 10.2 Å². The molecule has 3 nitrogen and oxygen atoms in total. The second-order valence-corrected chi connectivity index (χ2v) is 6.76. The zero-order valence-electron chi connectivity index (χ0n) is 11.8. The first-order valence-corrected chi connectivity index (χ1v) is 8.15. The Morgan fingerprint density at radius 1 is 1.55 bits per heavy atom. The first-order valence-electron chi connectivity index (χ1n) is 6.98. The summed E-state index contributed by atoms with van der Waals surface area (Å²) in [6.07, 6.45) is 2.33. The van der Waals surface area contributed by atoms with Gasteiger partial charge >= 0.3 is 0 Å². The zero-order chi connectivity index (χ0) is 14.7. The van der Waals surface area contributed by atoms with Crippen LogP contribution in [0.5, 0.6) is 0 Å². The Morgan fingerprint density at radius 3 is 2.85 bits per heavy atom. The monoisotopic (exact) mass is 358 g/mol. The van der Waals surface area contributed by atoms with E-state index in [9.17, 15) is 4.79 Å². The molecule has 0 saturated carbocycles. The lowest BCUT2D eigenvalue weighted by atomic mass is 10.1. The van der Waals surface area contributed by atoms with Crippen LogP contribution in [0.4, 0.5) is 0 Å². The molecule has 1 atom stereocenters. The van der Waals surface area contributed by atoms with E-state index in [-0.39, 0.29) is 11.9 Å². The van der Waals surface area contributed by atoms with Crippen LogP contribution >= 0.6 is 27.5 Å². The van der Waals surface area contributed by atoms with E-state index in [1.165, 1.54) is 6.42 Å². The molecule has 0 radical (unpaired) electrons. The maximum absolute atomic E-state index is 12.7. The van der Waals surface area contributed by atoms with Gasteiger partial charge in [-0.3, -0.25) is 4.79 Å². The summed E-state index contributed by atoms with van der Waals surface area (Å²) in [7, 11) is 0. The molecular formula is C15H20BrClN2O. The number of carbonyl (C=O) groups is 1. The molecule has 2 rings (SSSR count). The lowest BCUT2D eigenvalue weighted by molar-refractivity contribution is 0.0688. The van der Waals surface area contributed by atoms with Gasteiger partial charge in [-0.05, 0) is 67.4 Å². The van der Waals surface area contributed by atoms with Crippen LogP contribution in [-0.2, 0) is 0 Å². The molecule has 0 aromatic heterocycles.